The summed E-state index contributed by atoms with van der Waals surface area (Å²) >= 11 is 5.82. The van der Waals surface area contributed by atoms with Crippen LogP contribution in [0, 0.1) is 21.9 Å². The van der Waals surface area contributed by atoms with Gasteiger partial charge in [0.15, 0.2) is 5.82 Å². The first-order valence-electron chi connectivity index (χ1n) is 10.7. The van der Waals surface area contributed by atoms with Gasteiger partial charge < -0.3 is 0 Å². The molecule has 2 aromatic carbocycles. The topological polar surface area (TPSA) is 53.0 Å². The molecule has 1 atom stereocenters. The minimum Gasteiger partial charge on any atom is -0.300 e. The molecule has 0 radical (unpaired) electrons. The molecular formula is C24H29FN6S. The van der Waals surface area contributed by atoms with E-state index in [4.69, 9.17) is 22.6 Å². The molecule has 0 aliphatic carbocycles. The predicted molar refractivity (Wildman–Crippen MR) is 126 cm³/mol. The number of halogens is 1. The van der Waals surface area contributed by atoms with Gasteiger partial charge in [-0.2, -0.15) is 10.4 Å². The van der Waals surface area contributed by atoms with Gasteiger partial charge in [-0.05, 0) is 88.2 Å². The van der Waals surface area contributed by atoms with Gasteiger partial charge >= 0.3 is 0 Å². The molecule has 32 heavy (non-hydrogen) atoms. The fourth-order valence-electron chi connectivity index (χ4n) is 3.50. The van der Waals surface area contributed by atoms with Crippen LogP contribution in [0.1, 0.15) is 43.3 Å². The van der Waals surface area contributed by atoms with Crippen LogP contribution >= 0.6 is 12.2 Å². The zero-order valence-electron chi connectivity index (χ0n) is 19.0. The molecule has 0 aliphatic heterocycles. The average Bonchev–Trinajstić information content (AvgIpc) is 3.10. The summed E-state index contributed by atoms with van der Waals surface area (Å²) in [5.41, 5.74) is 2.57. The fraction of sp³-hybridized carbons (Fsp3) is 0.375. The van der Waals surface area contributed by atoms with E-state index >= 15 is 0 Å². The van der Waals surface area contributed by atoms with Crippen molar-refractivity contribution in [2.24, 2.45) is 0 Å². The first-order valence-corrected chi connectivity index (χ1v) is 11.1. The number of benzene rings is 2. The molecule has 8 heteroatoms. The third-order valence-corrected chi connectivity index (χ3v) is 5.85. The number of nitrogens with zero attached hydrogens (tertiary/aromatic N) is 6. The summed E-state index contributed by atoms with van der Waals surface area (Å²) in [6.45, 7) is 6.35. The van der Waals surface area contributed by atoms with Gasteiger partial charge in [-0.3, -0.25) is 14.4 Å². The van der Waals surface area contributed by atoms with Crippen molar-refractivity contribution in [1.29, 1.82) is 5.26 Å². The van der Waals surface area contributed by atoms with Crippen LogP contribution in [-0.2, 0) is 13.2 Å². The van der Waals surface area contributed by atoms with Crippen molar-refractivity contribution in [2.75, 3.05) is 20.6 Å². The van der Waals surface area contributed by atoms with E-state index < -0.39 is 0 Å². The van der Waals surface area contributed by atoms with Gasteiger partial charge in [0.05, 0.1) is 24.3 Å². The van der Waals surface area contributed by atoms with E-state index in [1.165, 1.54) is 12.1 Å². The predicted octanol–water partition coefficient (Wildman–Crippen LogP) is 4.91. The maximum Gasteiger partial charge on any atom is 0.203 e. The molecule has 0 amide bonds. The van der Waals surface area contributed by atoms with Gasteiger partial charge in [0, 0.05) is 12.2 Å². The lowest BCUT2D eigenvalue weighted by molar-refractivity contribution is 0.195. The maximum absolute atomic E-state index is 13.5. The second-order valence-electron chi connectivity index (χ2n) is 8.09. The molecule has 168 valence electrons. The summed E-state index contributed by atoms with van der Waals surface area (Å²) in [4.78, 5) is 4.35. The van der Waals surface area contributed by atoms with Crippen molar-refractivity contribution < 1.29 is 4.39 Å². The normalized spacial score (nSPS) is 12.3. The highest BCUT2D eigenvalue weighted by Crippen LogP contribution is 2.22. The summed E-state index contributed by atoms with van der Waals surface area (Å²) in [5, 5.41) is 13.9. The molecule has 0 spiro atoms. The van der Waals surface area contributed by atoms with Crippen LogP contribution in [0.4, 0.5) is 4.39 Å². The second kappa shape index (κ2) is 10.6. The third-order valence-electron chi connectivity index (χ3n) is 5.46. The Balaban J connectivity index is 1.96. The quantitative estimate of drug-likeness (QED) is 0.432. The number of hydrogen-bond acceptors (Lipinski definition) is 5. The van der Waals surface area contributed by atoms with Crippen LogP contribution < -0.4 is 0 Å². The summed E-state index contributed by atoms with van der Waals surface area (Å²) in [6, 6.07) is 16.1. The van der Waals surface area contributed by atoms with Gasteiger partial charge in [-0.1, -0.05) is 19.1 Å². The molecule has 1 heterocycles. The molecule has 1 aromatic heterocycles. The molecule has 0 fully saturated rings. The minimum atomic E-state index is -0.286. The average molecular weight is 453 g/mol. The molecule has 0 bridgehead atoms. The lowest BCUT2D eigenvalue weighted by Gasteiger charge is -2.21. The van der Waals surface area contributed by atoms with Crippen LogP contribution in [0.2, 0.25) is 0 Å². The van der Waals surface area contributed by atoms with Gasteiger partial charge in [0.25, 0.3) is 0 Å². The van der Waals surface area contributed by atoms with Crippen LogP contribution in [-0.4, -0.2) is 44.8 Å². The van der Waals surface area contributed by atoms with E-state index in [-0.39, 0.29) is 11.9 Å². The van der Waals surface area contributed by atoms with E-state index in [0.717, 1.165) is 36.6 Å². The second-order valence-corrected chi connectivity index (χ2v) is 8.46. The number of hydrogen-bond donors (Lipinski definition) is 0. The maximum atomic E-state index is 13.5. The molecule has 1 unspecified atom stereocenters. The number of aromatic nitrogens is 3. The van der Waals surface area contributed by atoms with Crippen molar-refractivity contribution in [3.8, 4) is 11.8 Å². The van der Waals surface area contributed by atoms with Crippen LogP contribution in [0.15, 0.2) is 48.5 Å². The standard InChI is InChI=1S/C24H29FN6S/c1-5-14-29(16-20-8-6-19(15-26)7-9-20)17-30-24(32)31(22-12-10-21(25)11-13-22)23(27-30)18(2)28(3)4/h6-13,18H,5,14,16-17H2,1-4H3. The van der Waals surface area contributed by atoms with Gasteiger partial charge in [0.1, 0.15) is 5.82 Å². The van der Waals surface area contributed by atoms with Crippen LogP contribution in [0.3, 0.4) is 0 Å². The largest absolute Gasteiger partial charge is 0.300 e. The SMILES string of the molecule is CCCN(Cc1ccc(C#N)cc1)Cn1nc(C(C)N(C)C)n(-c2ccc(F)cc2)c1=S. The van der Waals surface area contributed by atoms with Crippen molar-refractivity contribution >= 4 is 12.2 Å². The summed E-state index contributed by atoms with van der Waals surface area (Å²) < 4.78 is 17.9. The highest BCUT2D eigenvalue weighted by Gasteiger charge is 2.21. The summed E-state index contributed by atoms with van der Waals surface area (Å²) in [6.07, 6.45) is 0.989. The Kier molecular flexibility index (Phi) is 7.91. The molecule has 6 nitrogen and oxygen atoms in total. The Morgan fingerprint density at radius 1 is 1.12 bits per heavy atom. The lowest BCUT2D eigenvalue weighted by Crippen LogP contribution is -2.28. The Hall–Kier alpha value is -2.86. The van der Waals surface area contributed by atoms with Crippen molar-refractivity contribution in [3.05, 3.63) is 76.1 Å². The third kappa shape index (κ3) is 5.49. The van der Waals surface area contributed by atoms with E-state index in [1.807, 2.05) is 47.6 Å². The zero-order chi connectivity index (χ0) is 23.3. The fourth-order valence-corrected chi connectivity index (χ4v) is 3.80. The smallest absolute Gasteiger partial charge is 0.203 e. The first-order chi connectivity index (χ1) is 15.3. The van der Waals surface area contributed by atoms with E-state index in [2.05, 4.69) is 29.7 Å². The zero-order valence-corrected chi connectivity index (χ0v) is 19.8. The number of rotatable bonds is 9. The van der Waals surface area contributed by atoms with Crippen molar-refractivity contribution in [1.82, 2.24) is 24.1 Å². The van der Waals surface area contributed by atoms with Gasteiger partial charge in [0.2, 0.25) is 4.77 Å². The van der Waals surface area contributed by atoms with Crippen molar-refractivity contribution in [3.63, 3.8) is 0 Å². The van der Waals surface area contributed by atoms with Gasteiger partial charge in [-0.25, -0.2) is 9.07 Å². The summed E-state index contributed by atoms with van der Waals surface area (Å²) in [7, 11) is 3.99. The first kappa shape index (κ1) is 23.8. The minimum absolute atomic E-state index is 0.0150. The Morgan fingerprint density at radius 3 is 2.34 bits per heavy atom. The lowest BCUT2D eigenvalue weighted by atomic mass is 10.1. The van der Waals surface area contributed by atoms with E-state index in [1.54, 1.807) is 12.1 Å². The van der Waals surface area contributed by atoms with E-state index in [9.17, 15) is 4.39 Å². The molecule has 0 saturated heterocycles. The Labute approximate surface area is 194 Å². The molecule has 3 rings (SSSR count). The highest BCUT2D eigenvalue weighted by molar-refractivity contribution is 7.71. The highest BCUT2D eigenvalue weighted by atomic mass is 32.1. The van der Waals surface area contributed by atoms with Crippen molar-refractivity contribution in [2.45, 2.75) is 39.5 Å². The molecule has 0 aliphatic rings. The molecule has 0 saturated carbocycles. The Bertz CT molecular complexity index is 1130. The number of nitriles is 1. The molecule has 3 aromatic rings. The summed E-state index contributed by atoms with van der Waals surface area (Å²) in [5.74, 6) is 0.521. The molecule has 0 N–H and O–H groups in total. The van der Waals surface area contributed by atoms with Crippen LogP contribution in [0.25, 0.3) is 5.69 Å². The Morgan fingerprint density at radius 2 is 1.78 bits per heavy atom. The monoisotopic (exact) mass is 452 g/mol. The van der Waals surface area contributed by atoms with Crippen LogP contribution in [0.5, 0.6) is 0 Å². The molecular weight excluding hydrogens is 423 g/mol. The van der Waals surface area contributed by atoms with Gasteiger partial charge in [-0.15, -0.1) is 0 Å². The van der Waals surface area contributed by atoms with E-state index in [0.29, 0.717) is 17.0 Å².